The van der Waals surface area contributed by atoms with E-state index in [0.29, 0.717) is 5.75 Å². The van der Waals surface area contributed by atoms with Gasteiger partial charge in [-0.1, -0.05) is 57.2 Å². The number of anilines is 1. The molecule has 0 spiro atoms. The maximum absolute atomic E-state index is 12.5. The Morgan fingerprint density at radius 1 is 1.17 bits per heavy atom. The number of hydrogen-bond acceptors (Lipinski definition) is 5. The lowest BCUT2D eigenvalue weighted by molar-refractivity contribution is -0.113. The molecular weight excluding hydrogens is 400 g/mol. The normalized spacial score (nSPS) is 11.0. The molecule has 1 amide bonds. The summed E-state index contributed by atoms with van der Waals surface area (Å²) in [5, 5.41) is 14.8. The molecule has 29 heavy (non-hydrogen) atoms. The lowest BCUT2D eigenvalue weighted by Crippen LogP contribution is -2.15. The average Bonchev–Trinajstić information content (AvgIpc) is 3.34. The van der Waals surface area contributed by atoms with Crippen LogP contribution in [0.3, 0.4) is 0 Å². The Labute approximate surface area is 180 Å². The third kappa shape index (κ3) is 5.48. The summed E-state index contributed by atoms with van der Waals surface area (Å²) in [6.45, 7) is 7.26. The smallest absolute Gasteiger partial charge is 0.234 e. The first-order valence-corrected chi connectivity index (χ1v) is 12.0. The molecule has 2 heterocycles. The predicted octanol–water partition coefficient (Wildman–Crippen LogP) is 5.66. The van der Waals surface area contributed by atoms with E-state index in [1.165, 1.54) is 16.6 Å². The second kappa shape index (κ2) is 10.6. The molecule has 5 nitrogen and oxygen atoms in total. The second-order valence-electron chi connectivity index (χ2n) is 6.86. The highest BCUT2D eigenvalue weighted by Gasteiger charge is 2.16. The number of aromatic nitrogens is 3. The molecule has 0 fully saturated rings. The van der Waals surface area contributed by atoms with Crippen molar-refractivity contribution in [1.29, 1.82) is 0 Å². The molecule has 1 N–H and O–H groups in total. The van der Waals surface area contributed by atoms with Gasteiger partial charge in [-0.05, 0) is 37.0 Å². The number of rotatable bonds is 10. The van der Waals surface area contributed by atoms with Gasteiger partial charge in [-0.15, -0.1) is 21.5 Å². The van der Waals surface area contributed by atoms with Crippen molar-refractivity contribution in [3.05, 3.63) is 46.2 Å². The highest BCUT2D eigenvalue weighted by atomic mass is 32.2. The summed E-state index contributed by atoms with van der Waals surface area (Å²) in [4.78, 5) is 13.9. The standard InChI is InChI=1S/C22H28N4OS2/c1-4-9-18-13-17(14-28-18)21-24-25-22(26(21)12-5-2)29-15-20(27)23-19-11-8-7-10-16(19)6-3/h7-8,10-11,13-14H,4-6,9,12,15H2,1-3H3,(H,23,27). The molecule has 0 aliphatic rings. The van der Waals surface area contributed by atoms with Gasteiger partial charge in [0.25, 0.3) is 0 Å². The molecule has 0 bridgehead atoms. The van der Waals surface area contributed by atoms with Gasteiger partial charge in [0.2, 0.25) is 5.91 Å². The zero-order valence-electron chi connectivity index (χ0n) is 17.3. The Morgan fingerprint density at radius 2 is 2.00 bits per heavy atom. The first kappa shape index (κ1) is 21.6. The van der Waals surface area contributed by atoms with Crippen molar-refractivity contribution < 1.29 is 4.79 Å². The van der Waals surface area contributed by atoms with Crippen molar-refractivity contribution in [3.8, 4) is 11.4 Å². The number of carbonyl (C=O) groups excluding carboxylic acids is 1. The largest absolute Gasteiger partial charge is 0.325 e. The molecule has 0 unspecified atom stereocenters. The lowest BCUT2D eigenvalue weighted by Gasteiger charge is -2.10. The van der Waals surface area contributed by atoms with E-state index in [2.05, 4.69) is 52.3 Å². The summed E-state index contributed by atoms with van der Waals surface area (Å²) >= 11 is 3.22. The number of hydrogen-bond donors (Lipinski definition) is 1. The van der Waals surface area contributed by atoms with Crippen molar-refractivity contribution in [2.24, 2.45) is 0 Å². The number of thioether (sulfide) groups is 1. The molecule has 0 atom stereocenters. The number of amides is 1. The lowest BCUT2D eigenvalue weighted by atomic mass is 10.1. The van der Waals surface area contributed by atoms with Gasteiger partial charge in [-0.25, -0.2) is 0 Å². The molecule has 0 aliphatic carbocycles. The number of carbonyl (C=O) groups is 1. The number of nitrogens with one attached hydrogen (secondary N) is 1. The van der Waals surface area contributed by atoms with E-state index in [9.17, 15) is 4.79 Å². The van der Waals surface area contributed by atoms with Gasteiger partial charge < -0.3 is 9.88 Å². The number of para-hydroxylation sites is 1. The maximum atomic E-state index is 12.5. The SMILES string of the molecule is CCCc1cc(-c2nnc(SCC(=O)Nc3ccccc3CC)n2CCC)cs1. The fraction of sp³-hybridized carbons (Fsp3) is 0.409. The Bertz CT molecular complexity index is 948. The molecule has 0 aliphatic heterocycles. The van der Waals surface area contributed by atoms with Crippen LogP contribution in [0.25, 0.3) is 11.4 Å². The van der Waals surface area contributed by atoms with Gasteiger partial charge >= 0.3 is 0 Å². The molecule has 2 aromatic heterocycles. The Kier molecular flexibility index (Phi) is 7.89. The van der Waals surface area contributed by atoms with Crippen molar-refractivity contribution in [1.82, 2.24) is 14.8 Å². The van der Waals surface area contributed by atoms with Crippen molar-refractivity contribution in [2.75, 3.05) is 11.1 Å². The number of aryl methyl sites for hydroxylation is 2. The van der Waals surface area contributed by atoms with Crippen LogP contribution in [0.2, 0.25) is 0 Å². The van der Waals surface area contributed by atoms with Gasteiger partial charge in [0.1, 0.15) is 0 Å². The second-order valence-corrected chi connectivity index (χ2v) is 8.80. The zero-order valence-corrected chi connectivity index (χ0v) is 18.9. The summed E-state index contributed by atoms with van der Waals surface area (Å²) < 4.78 is 2.13. The monoisotopic (exact) mass is 428 g/mol. The summed E-state index contributed by atoms with van der Waals surface area (Å²) in [5.74, 6) is 1.18. The van der Waals surface area contributed by atoms with Gasteiger partial charge in [-0.2, -0.15) is 0 Å². The molecule has 0 saturated heterocycles. The van der Waals surface area contributed by atoms with Gasteiger partial charge in [-0.3, -0.25) is 4.79 Å². The first-order chi connectivity index (χ1) is 14.2. The molecule has 3 rings (SSSR count). The quantitative estimate of drug-likeness (QED) is 0.423. The summed E-state index contributed by atoms with van der Waals surface area (Å²) in [6, 6.07) is 10.1. The number of nitrogens with zero attached hydrogens (tertiary/aromatic N) is 3. The topological polar surface area (TPSA) is 59.8 Å². The van der Waals surface area contributed by atoms with Gasteiger partial charge in [0.05, 0.1) is 5.75 Å². The molecule has 154 valence electrons. The Morgan fingerprint density at radius 3 is 2.76 bits per heavy atom. The first-order valence-electron chi connectivity index (χ1n) is 10.2. The third-order valence-corrected chi connectivity index (χ3v) is 6.54. The molecule has 3 aromatic rings. The minimum Gasteiger partial charge on any atom is -0.325 e. The summed E-state index contributed by atoms with van der Waals surface area (Å²) in [6.07, 6.45) is 4.10. The van der Waals surface area contributed by atoms with Gasteiger partial charge in [0.15, 0.2) is 11.0 Å². The predicted molar refractivity (Wildman–Crippen MR) is 123 cm³/mol. The fourth-order valence-electron chi connectivity index (χ4n) is 3.18. The van der Waals surface area contributed by atoms with Crippen LogP contribution in [-0.2, 0) is 24.2 Å². The number of benzene rings is 1. The van der Waals surface area contributed by atoms with Gasteiger partial charge in [0, 0.05) is 28.1 Å². The van der Waals surface area contributed by atoms with Crippen molar-refractivity contribution in [3.63, 3.8) is 0 Å². The van der Waals surface area contributed by atoms with E-state index < -0.39 is 0 Å². The van der Waals surface area contributed by atoms with Crippen molar-refractivity contribution >= 4 is 34.7 Å². The fourth-order valence-corrected chi connectivity index (χ4v) is 4.91. The van der Waals surface area contributed by atoms with Crippen LogP contribution in [0.1, 0.15) is 44.1 Å². The van der Waals surface area contributed by atoms with Crippen LogP contribution in [0.15, 0.2) is 40.9 Å². The average molecular weight is 429 g/mol. The van der Waals surface area contributed by atoms with E-state index in [1.54, 1.807) is 11.3 Å². The highest BCUT2D eigenvalue weighted by molar-refractivity contribution is 7.99. The van der Waals surface area contributed by atoms with Crippen LogP contribution < -0.4 is 5.32 Å². The zero-order chi connectivity index (χ0) is 20.6. The minimum absolute atomic E-state index is 0.0238. The Balaban J connectivity index is 1.70. The van der Waals surface area contributed by atoms with Crippen LogP contribution >= 0.6 is 23.1 Å². The van der Waals surface area contributed by atoms with Crippen LogP contribution in [-0.4, -0.2) is 26.4 Å². The molecule has 0 saturated carbocycles. The third-order valence-electron chi connectivity index (χ3n) is 4.58. The van der Waals surface area contributed by atoms with E-state index >= 15 is 0 Å². The van der Waals surface area contributed by atoms with E-state index in [0.717, 1.165) is 60.0 Å². The number of thiophene rings is 1. The van der Waals surface area contributed by atoms with Crippen LogP contribution in [0, 0.1) is 0 Å². The van der Waals surface area contributed by atoms with E-state index in [4.69, 9.17) is 0 Å². The Hall–Kier alpha value is -2.12. The van der Waals surface area contributed by atoms with E-state index in [-0.39, 0.29) is 5.91 Å². The molecular formula is C22H28N4OS2. The maximum Gasteiger partial charge on any atom is 0.234 e. The van der Waals surface area contributed by atoms with Crippen molar-refractivity contribution in [2.45, 2.75) is 58.2 Å². The molecule has 7 heteroatoms. The summed E-state index contributed by atoms with van der Waals surface area (Å²) in [7, 11) is 0. The molecule has 1 aromatic carbocycles. The highest BCUT2D eigenvalue weighted by Crippen LogP contribution is 2.29. The van der Waals surface area contributed by atoms with E-state index in [1.807, 2.05) is 24.3 Å². The van der Waals surface area contributed by atoms with Crippen LogP contribution in [0.4, 0.5) is 5.69 Å². The minimum atomic E-state index is -0.0238. The summed E-state index contributed by atoms with van der Waals surface area (Å²) in [5.41, 5.74) is 3.15. The van der Waals surface area contributed by atoms with Crippen LogP contribution in [0.5, 0.6) is 0 Å². The molecule has 0 radical (unpaired) electrons.